The molecule has 12 aliphatic carbocycles. The summed E-state index contributed by atoms with van der Waals surface area (Å²) in [6, 6.07) is 6.17. The fraction of sp³-hybridized carbons (Fsp3) is 0.818. The molecule has 0 radical (unpaired) electrons. The Morgan fingerprint density at radius 3 is 1.28 bits per heavy atom. The van der Waals surface area contributed by atoms with Crippen LogP contribution in [0.15, 0.2) is 61.1 Å². The lowest BCUT2D eigenvalue weighted by atomic mass is 9.49. The summed E-state index contributed by atoms with van der Waals surface area (Å²) in [5.74, 6) is 14.6. The third-order valence-corrected chi connectivity index (χ3v) is 29.6. The highest BCUT2D eigenvalue weighted by Crippen LogP contribution is 2.69. The SMILES string of the molecule is C=C(Cn1ccc(C)n1)[C@H]1CC[C@H]2[C@@H]3CC[C@@H]4C[C@](C)(O)CC[C@@H]4[C@H]3CC[C@]12C.C=C(Cn1cccn1)[C@H]1CC[C@H]2[C@@H]3CC[C@@H]4C[C@](C)(O)CC[C@@H]4[C@H]3CC[C@]12C.Cc1cc(C)n(CC(=O)[C@H]2CC[C@H]3[C@@H]4CC[C@@H]5C[C@](C)(O)CC[C@@H]5[C@H]4CC[C@]23C)n1. The van der Waals surface area contributed by atoms with Crippen molar-refractivity contribution in [2.24, 2.45) is 123 Å². The molecule has 0 bridgehead atoms. The Kier molecular flexibility index (Phi) is 17.0. The molecule has 24 atom stereocenters. The van der Waals surface area contributed by atoms with Gasteiger partial charge in [-0.2, -0.15) is 15.3 Å². The number of allylic oxidation sites excluding steroid dienone is 2. The average Bonchev–Trinajstić information content (AvgIpc) is 1.72. The van der Waals surface area contributed by atoms with Gasteiger partial charge in [0.25, 0.3) is 0 Å². The molecule has 10 heteroatoms. The highest BCUT2D eigenvalue weighted by Gasteiger charge is 2.62. The van der Waals surface area contributed by atoms with E-state index < -0.39 is 16.8 Å². The molecule has 3 heterocycles. The lowest BCUT2D eigenvalue weighted by Crippen LogP contribution is -2.51. The van der Waals surface area contributed by atoms with Crippen molar-refractivity contribution in [2.45, 2.75) is 272 Å². The van der Waals surface area contributed by atoms with Gasteiger partial charge in [0.1, 0.15) is 6.54 Å². The molecule has 10 nitrogen and oxygen atoms in total. The van der Waals surface area contributed by atoms with E-state index in [2.05, 4.69) is 106 Å². The van der Waals surface area contributed by atoms with E-state index in [1.807, 2.05) is 35.5 Å². The standard InChI is InChI=1S/C26H40N2O2.C26H40N2O.C25H38N2O/c1-16-13-17(2)28(27-16)15-24(29)23-8-7-22-21-6-5-18-14-25(3,30)11-9-19(18)20(21)10-12-26(22,23)4;1-17(16-28-14-11-18(2)27-28)23-7-8-24-22-6-5-19-15-25(3,29)12-9-20(19)21(22)10-13-26(23,24)4;1-17(16-27-14-4-13-26-27)22-7-8-23-21-6-5-18-15-24(2,28)11-9-19(18)20(21)10-12-25(22,23)3/h13,18-23,30H,5-12,14-15H2,1-4H3;11,14,19-24,29H,1,5-10,12-13,15-16H2,2-4H3;4,13-14,18-23,28H,1,5-12,15-16H2,2-3H3/t18-,19+,20-,21-,22+,23-,25-,26+;19-,20+,21-,22-,23-,24+,25-,26-;18-,19+,20-,21-,22-,23+,24-,25-/m111/s1. The van der Waals surface area contributed by atoms with E-state index in [0.29, 0.717) is 40.9 Å². The van der Waals surface area contributed by atoms with Gasteiger partial charge in [0.2, 0.25) is 0 Å². The van der Waals surface area contributed by atoms with Gasteiger partial charge in [0.15, 0.2) is 5.78 Å². The van der Waals surface area contributed by atoms with Gasteiger partial charge in [0.05, 0.1) is 41.3 Å². The number of aliphatic hydroxyl groups is 3. The Morgan fingerprint density at radius 2 is 0.885 bits per heavy atom. The van der Waals surface area contributed by atoms with Gasteiger partial charge in [-0.15, -0.1) is 0 Å². The van der Waals surface area contributed by atoms with E-state index >= 15 is 0 Å². The number of carbonyl (C=O) groups is 1. The summed E-state index contributed by atoms with van der Waals surface area (Å²) in [7, 11) is 0. The first-order valence-electron chi connectivity index (χ1n) is 36.4. The first-order valence-corrected chi connectivity index (χ1v) is 36.4. The van der Waals surface area contributed by atoms with Crippen LogP contribution in [0.4, 0.5) is 0 Å². The highest BCUT2D eigenvalue weighted by molar-refractivity contribution is 5.82. The largest absolute Gasteiger partial charge is 0.390 e. The van der Waals surface area contributed by atoms with E-state index in [1.54, 1.807) is 0 Å². The number of hydrogen-bond acceptors (Lipinski definition) is 7. The minimum atomic E-state index is -0.439. The van der Waals surface area contributed by atoms with Crippen LogP contribution in [-0.4, -0.2) is 67.2 Å². The number of ketones is 1. The summed E-state index contributed by atoms with van der Waals surface area (Å²) in [6.07, 6.45) is 39.8. The number of fused-ring (bicyclic) bond motifs is 15. The Bertz CT molecular complexity index is 2950. The van der Waals surface area contributed by atoms with Crippen molar-refractivity contribution in [3.05, 3.63) is 78.2 Å². The van der Waals surface area contributed by atoms with Crippen LogP contribution < -0.4 is 0 Å². The van der Waals surface area contributed by atoms with E-state index in [-0.39, 0.29) is 11.3 Å². The van der Waals surface area contributed by atoms with E-state index in [1.165, 1.54) is 140 Å². The number of aromatic nitrogens is 6. The molecule has 12 aliphatic rings. The molecular weight excluding hydrogens is 1070 g/mol. The third kappa shape index (κ3) is 11.8. The molecule has 480 valence electrons. The predicted molar refractivity (Wildman–Crippen MR) is 348 cm³/mol. The zero-order chi connectivity index (χ0) is 61.2. The summed E-state index contributed by atoms with van der Waals surface area (Å²) < 4.78 is 6.04. The number of aryl methyl sites for hydroxylation is 3. The first-order chi connectivity index (χ1) is 41.3. The van der Waals surface area contributed by atoms with E-state index in [9.17, 15) is 20.1 Å². The maximum absolute atomic E-state index is 13.4. The minimum absolute atomic E-state index is 0.182. The van der Waals surface area contributed by atoms with Crippen LogP contribution in [0, 0.1) is 144 Å². The summed E-state index contributed by atoms with van der Waals surface area (Å²) in [5.41, 5.74) is 5.80. The number of carbonyl (C=O) groups excluding carboxylic acids is 1. The Hall–Kier alpha value is -3.34. The molecule has 0 amide bonds. The lowest BCUT2D eigenvalue weighted by molar-refractivity contribution is -0.133. The summed E-state index contributed by atoms with van der Waals surface area (Å²) in [5, 5.41) is 45.3. The molecule has 15 rings (SSSR count). The summed E-state index contributed by atoms with van der Waals surface area (Å²) in [4.78, 5) is 13.4. The Labute approximate surface area is 525 Å². The van der Waals surface area contributed by atoms with Gasteiger partial charge in [-0.25, -0.2) is 0 Å². The van der Waals surface area contributed by atoms with Gasteiger partial charge in [0, 0.05) is 30.2 Å². The average molecular weight is 1190 g/mol. The topological polar surface area (TPSA) is 131 Å². The van der Waals surface area contributed by atoms with E-state index in [4.69, 9.17) is 0 Å². The lowest BCUT2D eigenvalue weighted by Gasteiger charge is -2.57. The zero-order valence-electron chi connectivity index (χ0n) is 55.9. The molecule has 12 fully saturated rings. The fourth-order valence-corrected chi connectivity index (χ4v) is 25.8. The second kappa shape index (κ2) is 23.7. The summed E-state index contributed by atoms with van der Waals surface area (Å²) in [6.45, 7) is 31.3. The molecule has 0 saturated heterocycles. The molecule has 0 aromatic carbocycles. The van der Waals surface area contributed by atoms with Gasteiger partial charge >= 0.3 is 0 Å². The monoisotopic (exact) mass is 1190 g/mol. The van der Waals surface area contributed by atoms with Gasteiger partial charge < -0.3 is 15.3 Å². The van der Waals surface area contributed by atoms with Crippen LogP contribution in [0.2, 0.25) is 0 Å². The molecule has 3 N–H and O–H groups in total. The van der Waals surface area contributed by atoms with Crippen LogP contribution in [0.5, 0.6) is 0 Å². The van der Waals surface area contributed by atoms with E-state index in [0.717, 1.165) is 158 Å². The van der Waals surface area contributed by atoms with Crippen molar-refractivity contribution in [3.63, 3.8) is 0 Å². The first kappa shape index (κ1) is 62.5. The second-order valence-electron chi connectivity index (χ2n) is 34.8. The highest BCUT2D eigenvalue weighted by atomic mass is 16.3. The molecular formula is C77H118N6O4. The molecule has 12 saturated carbocycles. The van der Waals surface area contributed by atoms with Crippen molar-refractivity contribution in [1.82, 2.24) is 29.3 Å². The van der Waals surface area contributed by atoms with Crippen LogP contribution in [0.3, 0.4) is 0 Å². The Balaban J connectivity index is 0.000000121. The van der Waals surface area contributed by atoms with Crippen molar-refractivity contribution in [2.75, 3.05) is 0 Å². The zero-order valence-corrected chi connectivity index (χ0v) is 55.9. The molecule has 3 aromatic rings. The van der Waals surface area contributed by atoms with Crippen LogP contribution in [-0.2, 0) is 24.4 Å². The quantitative estimate of drug-likeness (QED) is 0.182. The van der Waals surface area contributed by atoms with Crippen LogP contribution >= 0.6 is 0 Å². The Morgan fingerprint density at radius 1 is 0.471 bits per heavy atom. The normalized spacial score (nSPS) is 46.6. The summed E-state index contributed by atoms with van der Waals surface area (Å²) >= 11 is 0. The van der Waals surface area contributed by atoms with Gasteiger partial charge in [-0.3, -0.25) is 18.8 Å². The maximum Gasteiger partial charge on any atom is 0.157 e. The van der Waals surface area contributed by atoms with Crippen LogP contribution in [0.1, 0.15) is 232 Å². The number of rotatable bonds is 9. The predicted octanol–water partition coefficient (Wildman–Crippen LogP) is 16.3. The molecule has 87 heavy (non-hydrogen) atoms. The third-order valence-electron chi connectivity index (χ3n) is 29.6. The van der Waals surface area contributed by atoms with Crippen molar-refractivity contribution < 1.29 is 20.1 Å². The van der Waals surface area contributed by atoms with Crippen molar-refractivity contribution >= 4 is 5.78 Å². The van der Waals surface area contributed by atoms with Crippen LogP contribution in [0.25, 0.3) is 0 Å². The second-order valence-corrected chi connectivity index (χ2v) is 34.8. The molecule has 0 unspecified atom stereocenters. The van der Waals surface area contributed by atoms with Crippen molar-refractivity contribution in [3.8, 4) is 0 Å². The fourth-order valence-electron chi connectivity index (χ4n) is 25.8. The minimum Gasteiger partial charge on any atom is -0.390 e. The number of hydrogen-bond donors (Lipinski definition) is 3. The maximum atomic E-state index is 13.4. The number of Topliss-reactive ketones (excluding diaryl/α,β-unsaturated/α-hetero) is 1. The number of nitrogens with zero attached hydrogens (tertiary/aromatic N) is 6. The molecule has 0 spiro atoms. The molecule has 0 aliphatic heterocycles. The van der Waals surface area contributed by atoms with Crippen molar-refractivity contribution in [1.29, 1.82) is 0 Å². The van der Waals surface area contributed by atoms with Gasteiger partial charge in [-0.1, -0.05) is 45.1 Å². The van der Waals surface area contributed by atoms with Gasteiger partial charge in [-0.05, 0) is 350 Å². The smallest absolute Gasteiger partial charge is 0.157 e. The molecule has 3 aromatic heterocycles.